The molecule has 0 amide bonds. The van der Waals surface area contributed by atoms with E-state index in [2.05, 4.69) is 0 Å². The van der Waals surface area contributed by atoms with E-state index in [1.165, 1.54) is 12.1 Å². The average molecular weight is 189 g/mol. The molecule has 0 saturated heterocycles. The van der Waals surface area contributed by atoms with Crippen molar-refractivity contribution in [3.8, 4) is 0 Å². The molecule has 14 heavy (non-hydrogen) atoms. The summed E-state index contributed by atoms with van der Waals surface area (Å²) < 4.78 is 14.6. The maximum absolute atomic E-state index is 13.0. The van der Waals surface area contributed by atoms with Crippen molar-refractivity contribution in [3.05, 3.63) is 35.8 Å². The van der Waals surface area contributed by atoms with Crippen LogP contribution in [0.4, 0.5) is 4.39 Å². The van der Waals surface area contributed by atoms with E-state index in [1.54, 1.807) is 10.6 Å². The third-order valence-electron chi connectivity index (χ3n) is 2.69. The van der Waals surface area contributed by atoms with Crippen LogP contribution in [0.1, 0.15) is 16.9 Å². The highest BCUT2D eigenvalue weighted by molar-refractivity contribution is 5.95. The summed E-state index contributed by atoms with van der Waals surface area (Å²) in [6.45, 7) is 0. The first-order valence-corrected chi connectivity index (χ1v) is 4.59. The quantitative estimate of drug-likeness (QED) is 0.623. The van der Waals surface area contributed by atoms with Gasteiger partial charge in [-0.2, -0.15) is 0 Å². The molecule has 3 rings (SSSR count). The first-order valence-electron chi connectivity index (χ1n) is 4.59. The molecule has 1 aliphatic rings. The summed E-state index contributed by atoms with van der Waals surface area (Å²) >= 11 is 0. The molecule has 1 aromatic heterocycles. The van der Waals surface area contributed by atoms with E-state index < -0.39 is 0 Å². The van der Waals surface area contributed by atoms with E-state index in [1.807, 2.05) is 6.07 Å². The van der Waals surface area contributed by atoms with Gasteiger partial charge < -0.3 is 0 Å². The van der Waals surface area contributed by atoms with Crippen molar-refractivity contribution < 1.29 is 9.18 Å². The van der Waals surface area contributed by atoms with E-state index in [9.17, 15) is 9.18 Å². The van der Waals surface area contributed by atoms with Crippen LogP contribution in [-0.2, 0) is 6.42 Å². The highest BCUT2D eigenvalue weighted by Crippen LogP contribution is 2.26. The minimum atomic E-state index is -0.293. The Balaban J connectivity index is 2.43. The lowest BCUT2D eigenvalue weighted by atomic mass is 10.2. The Morgan fingerprint density at radius 1 is 1.21 bits per heavy atom. The molecular formula is C11H8FNO. The topological polar surface area (TPSA) is 22.0 Å². The lowest BCUT2D eigenvalue weighted by Crippen LogP contribution is -2.02. The van der Waals surface area contributed by atoms with Crippen molar-refractivity contribution in [1.29, 1.82) is 0 Å². The molecule has 0 radical (unpaired) electrons. The lowest BCUT2D eigenvalue weighted by molar-refractivity contribution is 0.0928. The van der Waals surface area contributed by atoms with Crippen LogP contribution in [0.3, 0.4) is 0 Å². The number of halogens is 1. The zero-order chi connectivity index (χ0) is 9.71. The zero-order valence-corrected chi connectivity index (χ0v) is 7.46. The molecule has 0 fully saturated rings. The van der Waals surface area contributed by atoms with Crippen LogP contribution in [-0.4, -0.2) is 10.5 Å². The Labute approximate surface area is 79.9 Å². The fourth-order valence-electron chi connectivity index (χ4n) is 2.06. The molecule has 0 saturated carbocycles. The van der Waals surface area contributed by atoms with Crippen molar-refractivity contribution in [2.75, 3.05) is 0 Å². The molecule has 0 aliphatic carbocycles. The summed E-state index contributed by atoms with van der Waals surface area (Å²) in [5, 5.41) is 0.939. The summed E-state index contributed by atoms with van der Waals surface area (Å²) in [7, 11) is 0. The Morgan fingerprint density at radius 2 is 2.07 bits per heavy atom. The number of rotatable bonds is 0. The second-order valence-corrected chi connectivity index (χ2v) is 3.57. The number of fused-ring (bicyclic) bond motifs is 3. The Morgan fingerprint density at radius 3 is 2.93 bits per heavy atom. The van der Waals surface area contributed by atoms with E-state index in [-0.39, 0.29) is 11.7 Å². The zero-order valence-electron chi connectivity index (χ0n) is 7.46. The van der Waals surface area contributed by atoms with Crippen LogP contribution in [0.15, 0.2) is 24.3 Å². The van der Waals surface area contributed by atoms with Gasteiger partial charge in [0, 0.05) is 17.5 Å². The van der Waals surface area contributed by atoms with E-state index in [0.29, 0.717) is 11.9 Å². The molecule has 0 atom stereocenters. The van der Waals surface area contributed by atoms with Crippen LogP contribution in [0, 0.1) is 5.82 Å². The van der Waals surface area contributed by atoms with Crippen molar-refractivity contribution in [2.24, 2.45) is 0 Å². The van der Waals surface area contributed by atoms with E-state index in [4.69, 9.17) is 0 Å². The Bertz CT molecular complexity index is 541. The smallest absolute Gasteiger partial charge is 0.231 e. The van der Waals surface area contributed by atoms with Gasteiger partial charge in [-0.05, 0) is 30.7 Å². The number of benzene rings is 1. The number of carbonyl (C=O) groups is 1. The standard InChI is InChI=1S/C11H8FNO/c12-8-2-1-7-5-9-3-4-11(14)13(9)10(7)6-8/h1-2,5-6H,3-4H2. The summed E-state index contributed by atoms with van der Waals surface area (Å²) in [6, 6.07) is 6.51. The molecule has 1 aliphatic heterocycles. The van der Waals surface area contributed by atoms with Crippen LogP contribution in [0.25, 0.3) is 10.9 Å². The van der Waals surface area contributed by atoms with Gasteiger partial charge in [0.05, 0.1) is 5.52 Å². The van der Waals surface area contributed by atoms with Crippen molar-refractivity contribution in [1.82, 2.24) is 4.57 Å². The first-order chi connectivity index (χ1) is 6.75. The summed E-state index contributed by atoms with van der Waals surface area (Å²) in [5.74, 6) is -0.223. The second kappa shape index (κ2) is 2.44. The second-order valence-electron chi connectivity index (χ2n) is 3.57. The minimum absolute atomic E-state index is 0.0700. The molecule has 0 bridgehead atoms. The number of aromatic nitrogens is 1. The number of hydrogen-bond donors (Lipinski definition) is 0. The maximum atomic E-state index is 13.0. The van der Waals surface area contributed by atoms with E-state index in [0.717, 1.165) is 17.5 Å². The molecular weight excluding hydrogens is 181 g/mol. The van der Waals surface area contributed by atoms with Gasteiger partial charge in [-0.25, -0.2) is 4.39 Å². The molecule has 2 nitrogen and oxygen atoms in total. The molecule has 1 aromatic carbocycles. The minimum Gasteiger partial charge on any atom is -0.284 e. The molecule has 0 N–H and O–H groups in total. The largest absolute Gasteiger partial charge is 0.284 e. The molecule has 0 spiro atoms. The van der Waals surface area contributed by atoms with Crippen molar-refractivity contribution in [3.63, 3.8) is 0 Å². The van der Waals surface area contributed by atoms with Crippen LogP contribution >= 0.6 is 0 Å². The molecule has 3 heteroatoms. The third-order valence-corrected chi connectivity index (χ3v) is 2.69. The van der Waals surface area contributed by atoms with E-state index >= 15 is 0 Å². The van der Waals surface area contributed by atoms with Crippen molar-refractivity contribution >= 4 is 16.8 Å². The van der Waals surface area contributed by atoms with Crippen LogP contribution < -0.4 is 0 Å². The monoisotopic (exact) mass is 189 g/mol. The SMILES string of the molecule is O=C1CCc2cc3ccc(F)cc3n21. The highest BCUT2D eigenvalue weighted by atomic mass is 19.1. The van der Waals surface area contributed by atoms with Gasteiger partial charge in [0.25, 0.3) is 0 Å². The number of carbonyl (C=O) groups excluding carboxylic acids is 1. The van der Waals surface area contributed by atoms with Crippen LogP contribution in [0.2, 0.25) is 0 Å². The number of aryl methyl sites for hydroxylation is 1. The van der Waals surface area contributed by atoms with Gasteiger partial charge in [-0.3, -0.25) is 9.36 Å². The van der Waals surface area contributed by atoms with Gasteiger partial charge in [0.1, 0.15) is 5.82 Å². The molecule has 2 heterocycles. The Hall–Kier alpha value is -1.64. The normalized spacial score (nSPS) is 15.1. The lowest BCUT2D eigenvalue weighted by Gasteiger charge is -1.98. The van der Waals surface area contributed by atoms with Gasteiger partial charge in [-0.1, -0.05) is 0 Å². The van der Waals surface area contributed by atoms with Gasteiger partial charge >= 0.3 is 0 Å². The average Bonchev–Trinajstić information content (AvgIpc) is 2.67. The first kappa shape index (κ1) is 7.74. The van der Waals surface area contributed by atoms with Gasteiger partial charge in [-0.15, -0.1) is 0 Å². The summed E-state index contributed by atoms with van der Waals surface area (Å²) in [4.78, 5) is 11.5. The number of nitrogens with zero attached hydrogens (tertiary/aromatic N) is 1. The maximum Gasteiger partial charge on any atom is 0.231 e. The highest BCUT2D eigenvalue weighted by Gasteiger charge is 2.21. The number of hydrogen-bond acceptors (Lipinski definition) is 1. The predicted molar refractivity (Wildman–Crippen MR) is 50.8 cm³/mol. The molecule has 70 valence electrons. The summed E-state index contributed by atoms with van der Waals surface area (Å²) in [5.41, 5.74) is 1.69. The molecule has 2 aromatic rings. The van der Waals surface area contributed by atoms with Crippen molar-refractivity contribution in [2.45, 2.75) is 12.8 Å². The van der Waals surface area contributed by atoms with Gasteiger partial charge in [0.2, 0.25) is 5.91 Å². The van der Waals surface area contributed by atoms with Crippen LogP contribution in [0.5, 0.6) is 0 Å². The predicted octanol–water partition coefficient (Wildman–Crippen LogP) is 2.37. The van der Waals surface area contributed by atoms with Gasteiger partial charge in [0.15, 0.2) is 0 Å². The Kier molecular flexibility index (Phi) is 1.35. The fraction of sp³-hybridized carbons (Fsp3) is 0.182. The fourth-order valence-corrected chi connectivity index (χ4v) is 2.06. The molecule has 0 unspecified atom stereocenters. The third kappa shape index (κ3) is 0.867. The summed E-state index contributed by atoms with van der Waals surface area (Å²) in [6.07, 6.45) is 1.32.